The van der Waals surface area contributed by atoms with Crippen LogP contribution in [0.5, 0.6) is 0 Å². The van der Waals surface area contributed by atoms with E-state index in [1.54, 1.807) is 32.0 Å². The largest absolute Gasteiger partial charge is 0.347 e. The van der Waals surface area contributed by atoms with E-state index in [9.17, 15) is 8.96 Å². The quantitative estimate of drug-likeness (QED) is 0.418. The minimum absolute atomic E-state index is 0.269. The molecule has 0 radical (unpaired) electrons. The van der Waals surface area contributed by atoms with E-state index < -0.39 is 17.1 Å². The highest BCUT2D eigenvalue weighted by molar-refractivity contribution is 14.1. The van der Waals surface area contributed by atoms with E-state index in [4.69, 9.17) is 9.05 Å². The Balaban J connectivity index is 3.04. The molecule has 0 amide bonds. The van der Waals surface area contributed by atoms with Gasteiger partial charge in [0.25, 0.3) is 0 Å². The van der Waals surface area contributed by atoms with Gasteiger partial charge in [0.15, 0.2) is 0 Å². The standard InChI is InChI=1S/C11H15FIO3P/c1-3-15-17(14,16-4-2)11(13)9-7-5-6-8-10(9)12/h5-8,11H,3-4H2,1-2H3. The molecule has 1 aromatic carbocycles. The van der Waals surface area contributed by atoms with Crippen molar-refractivity contribution in [3.8, 4) is 0 Å². The van der Waals surface area contributed by atoms with Crippen LogP contribution < -0.4 is 0 Å². The van der Waals surface area contributed by atoms with Gasteiger partial charge in [-0.1, -0.05) is 40.8 Å². The van der Waals surface area contributed by atoms with E-state index in [0.29, 0.717) is 5.56 Å². The third kappa shape index (κ3) is 3.74. The van der Waals surface area contributed by atoms with Gasteiger partial charge in [0.1, 0.15) is 9.48 Å². The molecule has 0 saturated heterocycles. The summed E-state index contributed by atoms with van der Waals surface area (Å²) in [5.74, 6) is -0.397. The summed E-state index contributed by atoms with van der Waals surface area (Å²) in [6.45, 7) is 4.00. The van der Waals surface area contributed by atoms with E-state index in [2.05, 4.69) is 0 Å². The molecule has 96 valence electrons. The highest BCUT2D eigenvalue weighted by atomic mass is 127. The predicted molar refractivity (Wildman–Crippen MR) is 74.0 cm³/mol. The molecule has 1 aromatic rings. The van der Waals surface area contributed by atoms with Crippen LogP contribution in [0.15, 0.2) is 24.3 Å². The van der Waals surface area contributed by atoms with Crippen molar-refractivity contribution in [1.29, 1.82) is 0 Å². The van der Waals surface area contributed by atoms with Crippen molar-refractivity contribution in [2.75, 3.05) is 13.2 Å². The lowest BCUT2D eigenvalue weighted by Crippen LogP contribution is -2.03. The lowest BCUT2D eigenvalue weighted by molar-refractivity contribution is 0.219. The Bertz CT molecular complexity index is 403. The first-order valence-corrected chi connectivity index (χ1v) is 8.18. The first-order chi connectivity index (χ1) is 8.05. The number of alkyl halides is 1. The van der Waals surface area contributed by atoms with Crippen LogP contribution in [0, 0.1) is 5.82 Å². The van der Waals surface area contributed by atoms with E-state index in [1.807, 2.05) is 22.6 Å². The van der Waals surface area contributed by atoms with Gasteiger partial charge in [0, 0.05) is 5.56 Å². The van der Waals surface area contributed by atoms with Crippen LogP contribution in [-0.4, -0.2) is 13.2 Å². The number of benzene rings is 1. The Kier molecular flexibility index (Phi) is 6.06. The predicted octanol–water partition coefficient (Wildman–Crippen LogP) is 4.53. The van der Waals surface area contributed by atoms with Gasteiger partial charge in [-0.2, -0.15) is 0 Å². The zero-order valence-corrected chi connectivity index (χ0v) is 12.8. The Labute approximate surface area is 114 Å². The second-order valence-corrected chi connectivity index (χ2v) is 7.58. The third-order valence-electron chi connectivity index (χ3n) is 2.06. The molecule has 0 saturated carbocycles. The Morgan fingerprint density at radius 1 is 1.29 bits per heavy atom. The molecule has 0 aliphatic carbocycles. The lowest BCUT2D eigenvalue weighted by Gasteiger charge is -2.22. The molecule has 1 rings (SSSR count). The van der Waals surface area contributed by atoms with Gasteiger partial charge in [0.2, 0.25) is 0 Å². The topological polar surface area (TPSA) is 35.5 Å². The van der Waals surface area contributed by atoms with Crippen LogP contribution in [0.4, 0.5) is 4.39 Å². The number of hydrogen-bond donors (Lipinski definition) is 0. The Morgan fingerprint density at radius 2 is 1.82 bits per heavy atom. The van der Waals surface area contributed by atoms with Crippen LogP contribution in [0.2, 0.25) is 0 Å². The van der Waals surface area contributed by atoms with Crippen LogP contribution in [-0.2, 0) is 13.6 Å². The summed E-state index contributed by atoms with van der Waals surface area (Å²) >= 11 is 1.91. The van der Waals surface area contributed by atoms with Crippen LogP contribution >= 0.6 is 30.2 Å². The van der Waals surface area contributed by atoms with Gasteiger partial charge in [0.05, 0.1) is 13.2 Å². The second kappa shape index (κ2) is 6.83. The van der Waals surface area contributed by atoms with Crippen molar-refractivity contribution in [2.45, 2.75) is 17.5 Å². The Hall–Kier alpha value is 0.0300. The van der Waals surface area contributed by atoms with E-state index in [1.165, 1.54) is 6.07 Å². The highest BCUT2D eigenvalue weighted by Gasteiger charge is 2.36. The zero-order chi connectivity index (χ0) is 12.9. The summed E-state index contributed by atoms with van der Waals surface area (Å²) in [7, 11) is -3.31. The van der Waals surface area contributed by atoms with Gasteiger partial charge in [-0.25, -0.2) is 4.39 Å². The number of halogens is 2. The average Bonchev–Trinajstić information content (AvgIpc) is 2.29. The minimum atomic E-state index is -3.31. The highest BCUT2D eigenvalue weighted by Crippen LogP contribution is 2.64. The maximum absolute atomic E-state index is 13.6. The Morgan fingerprint density at radius 3 is 2.29 bits per heavy atom. The maximum atomic E-state index is 13.6. The molecular formula is C11H15FIO3P. The molecule has 0 bridgehead atoms. The first-order valence-electron chi connectivity index (χ1n) is 5.32. The fourth-order valence-electron chi connectivity index (χ4n) is 1.37. The molecule has 0 heterocycles. The summed E-state index contributed by atoms with van der Waals surface area (Å²) in [5, 5.41) is 0. The number of rotatable bonds is 6. The number of hydrogen-bond acceptors (Lipinski definition) is 3. The summed E-state index contributed by atoms with van der Waals surface area (Å²) in [6, 6.07) is 6.22. The van der Waals surface area contributed by atoms with Crippen LogP contribution in [0.25, 0.3) is 0 Å². The molecular weight excluding hydrogens is 357 g/mol. The molecule has 6 heteroatoms. The van der Waals surface area contributed by atoms with Crippen molar-refractivity contribution in [3.63, 3.8) is 0 Å². The fourth-order valence-corrected chi connectivity index (χ4v) is 4.44. The molecule has 17 heavy (non-hydrogen) atoms. The van der Waals surface area contributed by atoms with Gasteiger partial charge in [-0.3, -0.25) is 4.57 Å². The molecule has 0 N–H and O–H groups in total. The van der Waals surface area contributed by atoms with Gasteiger partial charge in [-0.15, -0.1) is 0 Å². The van der Waals surface area contributed by atoms with Crippen LogP contribution in [0.1, 0.15) is 23.1 Å². The second-order valence-electron chi connectivity index (χ2n) is 3.23. The average molecular weight is 372 g/mol. The molecule has 0 spiro atoms. The van der Waals surface area contributed by atoms with Gasteiger partial charge < -0.3 is 9.05 Å². The molecule has 0 aliphatic rings. The third-order valence-corrected chi connectivity index (χ3v) is 6.84. The smallest absolute Gasteiger partial charge is 0.308 e. The summed E-state index contributed by atoms with van der Waals surface area (Å²) in [4.78, 5) is 0. The molecule has 0 fully saturated rings. The summed E-state index contributed by atoms with van der Waals surface area (Å²) in [5.41, 5.74) is 0.346. The summed E-state index contributed by atoms with van der Waals surface area (Å²) in [6.07, 6.45) is 0. The normalized spacial score (nSPS) is 13.6. The van der Waals surface area contributed by atoms with Crippen molar-refractivity contribution >= 4 is 30.2 Å². The molecule has 1 atom stereocenters. The van der Waals surface area contributed by atoms with Crippen molar-refractivity contribution in [2.24, 2.45) is 0 Å². The van der Waals surface area contributed by atoms with Crippen LogP contribution in [0.3, 0.4) is 0 Å². The van der Waals surface area contributed by atoms with Crippen molar-refractivity contribution in [3.05, 3.63) is 35.6 Å². The van der Waals surface area contributed by atoms with Crippen molar-refractivity contribution < 1.29 is 18.0 Å². The minimum Gasteiger partial charge on any atom is -0.308 e. The molecule has 0 aliphatic heterocycles. The maximum Gasteiger partial charge on any atom is 0.347 e. The first kappa shape index (κ1) is 15.1. The van der Waals surface area contributed by atoms with Gasteiger partial charge >= 0.3 is 7.60 Å². The summed E-state index contributed by atoms with van der Waals surface area (Å²) < 4.78 is 35.8. The van der Waals surface area contributed by atoms with E-state index >= 15 is 0 Å². The van der Waals surface area contributed by atoms with Gasteiger partial charge in [-0.05, 0) is 19.9 Å². The monoisotopic (exact) mass is 372 g/mol. The fraction of sp³-hybridized carbons (Fsp3) is 0.455. The SMILES string of the molecule is CCOP(=O)(OCC)C(I)c1ccccc1F. The van der Waals surface area contributed by atoms with Crippen molar-refractivity contribution in [1.82, 2.24) is 0 Å². The zero-order valence-electron chi connectivity index (χ0n) is 9.73. The molecule has 0 aromatic heterocycles. The van der Waals surface area contributed by atoms with E-state index in [0.717, 1.165) is 0 Å². The molecule has 1 unspecified atom stereocenters. The van der Waals surface area contributed by atoms with E-state index in [-0.39, 0.29) is 13.2 Å². The lowest BCUT2D eigenvalue weighted by atomic mass is 10.2. The molecule has 3 nitrogen and oxygen atoms in total.